The second-order valence-electron chi connectivity index (χ2n) is 7.60. The molecule has 34 heavy (non-hydrogen) atoms. The maximum Gasteiger partial charge on any atom is 0.323 e. The van der Waals surface area contributed by atoms with E-state index in [4.69, 9.17) is 0 Å². The Morgan fingerprint density at radius 2 is 2.06 bits per heavy atom. The van der Waals surface area contributed by atoms with Gasteiger partial charge >= 0.3 is 5.97 Å². The number of fused-ring (bicyclic) bond motifs is 1. The number of nitro benzene ring substituents is 1. The Balaban J connectivity index is 1.68. The van der Waals surface area contributed by atoms with Crippen LogP contribution in [-0.4, -0.2) is 43.4 Å². The van der Waals surface area contributed by atoms with E-state index in [-0.39, 0.29) is 27.7 Å². The predicted octanol–water partition coefficient (Wildman–Crippen LogP) is 3.41. The van der Waals surface area contributed by atoms with Crippen LogP contribution >= 0.6 is 11.3 Å². The van der Waals surface area contributed by atoms with Crippen LogP contribution in [0, 0.1) is 17.0 Å². The second kappa shape index (κ2) is 8.90. The number of H-pyrrole nitrogens is 2. The number of rotatable bonds is 7. The van der Waals surface area contributed by atoms with Gasteiger partial charge in [-0.2, -0.15) is 0 Å². The Kier molecular flexibility index (Phi) is 5.99. The van der Waals surface area contributed by atoms with E-state index in [9.17, 15) is 29.6 Å². The van der Waals surface area contributed by atoms with Crippen molar-refractivity contribution in [2.24, 2.45) is 0 Å². The SMILES string of the molecule is Cc1nc2[nH]cc(C(C)c3ccc(C(=O)N(CC(=O)O)c4cccc([N+](=O)[O-])c4)s3)c2c(=O)[nH]1. The maximum absolute atomic E-state index is 13.2. The molecule has 4 aromatic rings. The number of benzene rings is 1. The summed E-state index contributed by atoms with van der Waals surface area (Å²) < 4.78 is 0. The summed E-state index contributed by atoms with van der Waals surface area (Å²) in [5.41, 5.74) is 0.764. The molecule has 0 spiro atoms. The number of non-ortho nitro benzene ring substituents is 1. The number of carbonyl (C=O) groups is 2. The van der Waals surface area contributed by atoms with Gasteiger partial charge < -0.3 is 15.1 Å². The number of aliphatic carboxylic acids is 1. The van der Waals surface area contributed by atoms with Gasteiger partial charge in [0.2, 0.25) is 0 Å². The molecule has 0 radical (unpaired) electrons. The van der Waals surface area contributed by atoms with Gasteiger partial charge in [-0.05, 0) is 30.7 Å². The molecule has 1 unspecified atom stereocenters. The number of aromatic nitrogens is 3. The average Bonchev–Trinajstić information content (AvgIpc) is 3.44. The van der Waals surface area contributed by atoms with E-state index in [1.807, 2.05) is 6.92 Å². The summed E-state index contributed by atoms with van der Waals surface area (Å²) in [5.74, 6) is -1.62. The fraction of sp³-hybridized carbons (Fsp3) is 0.182. The second-order valence-corrected chi connectivity index (χ2v) is 8.72. The quantitative estimate of drug-likeness (QED) is 0.269. The molecule has 4 rings (SSSR count). The highest BCUT2D eigenvalue weighted by molar-refractivity contribution is 7.14. The van der Waals surface area contributed by atoms with Crippen molar-refractivity contribution in [1.29, 1.82) is 0 Å². The minimum Gasteiger partial charge on any atom is -0.480 e. The Morgan fingerprint density at radius 1 is 1.29 bits per heavy atom. The van der Waals surface area contributed by atoms with E-state index in [1.54, 1.807) is 25.3 Å². The molecule has 1 amide bonds. The van der Waals surface area contributed by atoms with Crippen LogP contribution in [0.5, 0.6) is 0 Å². The lowest BCUT2D eigenvalue weighted by Crippen LogP contribution is -2.35. The first kappa shape index (κ1) is 22.9. The fourth-order valence-electron chi connectivity index (χ4n) is 3.69. The summed E-state index contributed by atoms with van der Waals surface area (Å²) in [4.78, 5) is 59.6. The number of carboxylic acids is 1. The molecule has 12 heteroatoms. The van der Waals surface area contributed by atoms with Crippen LogP contribution in [0.2, 0.25) is 0 Å². The van der Waals surface area contributed by atoms with Gasteiger partial charge in [0.15, 0.2) is 0 Å². The molecule has 0 saturated heterocycles. The first-order chi connectivity index (χ1) is 16.2. The monoisotopic (exact) mass is 481 g/mol. The van der Waals surface area contributed by atoms with Crippen LogP contribution < -0.4 is 10.5 Å². The predicted molar refractivity (Wildman–Crippen MR) is 126 cm³/mol. The number of aromatic amines is 2. The van der Waals surface area contributed by atoms with E-state index in [0.717, 1.165) is 27.2 Å². The van der Waals surface area contributed by atoms with Crippen LogP contribution in [0.3, 0.4) is 0 Å². The third-order valence-corrected chi connectivity index (χ3v) is 6.57. The summed E-state index contributed by atoms with van der Waals surface area (Å²) >= 11 is 1.16. The molecule has 3 aromatic heterocycles. The van der Waals surface area contributed by atoms with Crippen LogP contribution in [0.25, 0.3) is 11.0 Å². The number of nitrogens with zero attached hydrogens (tertiary/aromatic N) is 3. The van der Waals surface area contributed by atoms with Gasteiger partial charge in [-0.3, -0.25) is 29.4 Å². The number of thiophene rings is 1. The zero-order chi connectivity index (χ0) is 24.6. The molecule has 3 heterocycles. The summed E-state index contributed by atoms with van der Waals surface area (Å²) in [5, 5.41) is 20.9. The van der Waals surface area contributed by atoms with Crippen molar-refractivity contribution in [3.8, 4) is 0 Å². The maximum atomic E-state index is 13.2. The molecule has 3 N–H and O–H groups in total. The highest BCUT2D eigenvalue weighted by atomic mass is 32.1. The Hall–Kier alpha value is -4.32. The van der Waals surface area contributed by atoms with Crippen LogP contribution in [0.4, 0.5) is 11.4 Å². The molecule has 0 aliphatic carbocycles. The smallest absolute Gasteiger partial charge is 0.323 e. The van der Waals surface area contributed by atoms with Crippen molar-refractivity contribution >= 4 is 45.6 Å². The lowest BCUT2D eigenvalue weighted by atomic mass is 10.0. The average molecular weight is 481 g/mol. The topological polar surface area (TPSA) is 162 Å². The molecule has 0 saturated carbocycles. The summed E-state index contributed by atoms with van der Waals surface area (Å²) in [6.45, 7) is 2.91. The number of nitrogens with one attached hydrogen (secondary N) is 2. The Bertz CT molecular complexity index is 1490. The van der Waals surface area contributed by atoms with Crippen molar-refractivity contribution < 1.29 is 19.6 Å². The molecule has 1 aromatic carbocycles. The molecule has 11 nitrogen and oxygen atoms in total. The lowest BCUT2D eigenvalue weighted by Gasteiger charge is -2.20. The molecule has 0 bridgehead atoms. The van der Waals surface area contributed by atoms with E-state index >= 15 is 0 Å². The largest absolute Gasteiger partial charge is 0.480 e. The molecule has 0 aliphatic heterocycles. The van der Waals surface area contributed by atoms with Gasteiger partial charge in [-0.1, -0.05) is 13.0 Å². The number of nitro groups is 1. The molecular formula is C22H19N5O6S. The summed E-state index contributed by atoms with van der Waals surface area (Å²) in [7, 11) is 0. The van der Waals surface area contributed by atoms with E-state index in [0.29, 0.717) is 22.4 Å². The van der Waals surface area contributed by atoms with Crippen LogP contribution in [-0.2, 0) is 4.79 Å². The molecule has 0 fully saturated rings. The van der Waals surface area contributed by atoms with Gasteiger partial charge in [0, 0.05) is 29.1 Å². The minimum absolute atomic E-state index is 0.106. The fourth-order valence-corrected chi connectivity index (χ4v) is 4.72. The van der Waals surface area contributed by atoms with Crippen LogP contribution in [0.1, 0.15) is 38.8 Å². The number of carboxylic acid groups (broad SMARTS) is 1. The standard InChI is InChI=1S/C22H19N5O6S/c1-11(15-9-23-20-19(15)21(30)25-12(2)24-20)16-6-7-17(34-16)22(31)26(10-18(28)29)13-4-3-5-14(8-13)27(32)33/h3-9,11H,10H2,1-2H3,(H,28,29)(H2,23,24,25,30). The van der Waals surface area contributed by atoms with E-state index in [2.05, 4.69) is 15.0 Å². The molecule has 0 aliphatic rings. The summed E-state index contributed by atoms with van der Waals surface area (Å²) in [6, 6.07) is 8.57. The highest BCUT2D eigenvalue weighted by Crippen LogP contribution is 2.34. The van der Waals surface area contributed by atoms with Gasteiger partial charge in [0.1, 0.15) is 18.0 Å². The molecule has 174 valence electrons. The molecular weight excluding hydrogens is 462 g/mol. The van der Waals surface area contributed by atoms with Gasteiger partial charge in [0.05, 0.1) is 20.9 Å². The van der Waals surface area contributed by atoms with Crippen molar-refractivity contribution in [2.45, 2.75) is 19.8 Å². The number of hydrogen-bond donors (Lipinski definition) is 3. The number of carbonyl (C=O) groups excluding carboxylic acids is 1. The number of hydrogen-bond acceptors (Lipinski definition) is 7. The Labute approximate surface area is 195 Å². The third kappa shape index (κ3) is 4.30. The number of aryl methyl sites for hydroxylation is 1. The van der Waals surface area contributed by atoms with Gasteiger partial charge in [-0.15, -0.1) is 11.3 Å². The van der Waals surface area contributed by atoms with Crippen molar-refractivity contribution in [3.05, 3.63) is 84.2 Å². The van der Waals surface area contributed by atoms with E-state index in [1.165, 1.54) is 18.2 Å². The lowest BCUT2D eigenvalue weighted by molar-refractivity contribution is -0.384. The first-order valence-electron chi connectivity index (χ1n) is 10.1. The van der Waals surface area contributed by atoms with Gasteiger partial charge in [-0.25, -0.2) is 4.98 Å². The van der Waals surface area contributed by atoms with Crippen LogP contribution in [0.15, 0.2) is 47.4 Å². The Morgan fingerprint density at radius 3 is 2.76 bits per heavy atom. The van der Waals surface area contributed by atoms with Crippen molar-refractivity contribution in [3.63, 3.8) is 0 Å². The van der Waals surface area contributed by atoms with Crippen molar-refractivity contribution in [2.75, 3.05) is 11.4 Å². The summed E-state index contributed by atoms with van der Waals surface area (Å²) in [6.07, 6.45) is 1.71. The number of anilines is 1. The van der Waals surface area contributed by atoms with E-state index < -0.39 is 23.3 Å². The molecule has 1 atom stereocenters. The first-order valence-corrected chi connectivity index (χ1v) is 10.9. The third-order valence-electron chi connectivity index (χ3n) is 5.31. The highest BCUT2D eigenvalue weighted by Gasteiger charge is 2.25. The zero-order valence-corrected chi connectivity index (χ0v) is 18.9. The minimum atomic E-state index is -1.26. The van der Waals surface area contributed by atoms with Crippen molar-refractivity contribution in [1.82, 2.24) is 15.0 Å². The van der Waals surface area contributed by atoms with Gasteiger partial charge in [0.25, 0.3) is 17.2 Å². The number of amides is 1. The zero-order valence-electron chi connectivity index (χ0n) is 18.1. The normalized spacial score (nSPS) is 11.9.